The van der Waals surface area contributed by atoms with Gasteiger partial charge in [0.15, 0.2) is 0 Å². The van der Waals surface area contributed by atoms with E-state index in [-0.39, 0.29) is 0 Å². The highest BCUT2D eigenvalue weighted by molar-refractivity contribution is 5.05. The summed E-state index contributed by atoms with van der Waals surface area (Å²) in [6.07, 6.45) is 7.54. The molecule has 0 atom stereocenters. The molecule has 3 heteroatoms. The fourth-order valence-corrected chi connectivity index (χ4v) is 1.92. The number of aryl methyl sites for hydroxylation is 1. The van der Waals surface area contributed by atoms with Crippen molar-refractivity contribution in [1.29, 1.82) is 0 Å². The summed E-state index contributed by atoms with van der Waals surface area (Å²) >= 11 is 0. The third-order valence-corrected chi connectivity index (χ3v) is 2.86. The molecule has 1 saturated carbocycles. The summed E-state index contributed by atoms with van der Waals surface area (Å²) in [4.78, 5) is 5.57. The largest absolute Gasteiger partial charge is 0.353 e. The van der Waals surface area contributed by atoms with Crippen molar-refractivity contribution in [2.75, 3.05) is 0 Å². The van der Waals surface area contributed by atoms with Gasteiger partial charge in [-0.1, -0.05) is 12.8 Å². The van der Waals surface area contributed by atoms with Gasteiger partial charge >= 0.3 is 0 Å². The lowest BCUT2D eigenvalue weighted by molar-refractivity contribution is -0.0252. The Kier molecular flexibility index (Phi) is 3.22. The van der Waals surface area contributed by atoms with E-state index in [1.54, 1.807) is 0 Å². The first-order chi connectivity index (χ1) is 6.86. The molecule has 1 aliphatic rings. The summed E-state index contributed by atoms with van der Waals surface area (Å²) in [5, 5.41) is 0. The third-order valence-electron chi connectivity index (χ3n) is 2.86. The fraction of sp³-hybridized carbons (Fsp3) is 0.636. The molecule has 1 aromatic heterocycles. The fourth-order valence-electron chi connectivity index (χ4n) is 1.92. The summed E-state index contributed by atoms with van der Waals surface area (Å²) in [7, 11) is 2.05. The molecular weight excluding hydrogens is 176 g/mol. The molecule has 78 valence electrons. The number of rotatable bonds is 4. The van der Waals surface area contributed by atoms with Crippen molar-refractivity contribution in [3.8, 4) is 0 Å². The van der Waals surface area contributed by atoms with Crippen LogP contribution in [0.15, 0.2) is 18.3 Å². The SMILES string of the molecule is Cn1cccc1CNOC1CCCC1. The Hall–Kier alpha value is -0.800. The second-order valence-corrected chi connectivity index (χ2v) is 3.96. The van der Waals surface area contributed by atoms with Gasteiger partial charge in [0.05, 0.1) is 12.6 Å². The average Bonchev–Trinajstić information content (AvgIpc) is 2.78. The van der Waals surface area contributed by atoms with Crippen LogP contribution in [0.4, 0.5) is 0 Å². The minimum atomic E-state index is 0.440. The Balaban J connectivity index is 1.70. The predicted octanol–water partition coefficient (Wildman–Crippen LogP) is 1.99. The lowest BCUT2D eigenvalue weighted by Crippen LogP contribution is -2.22. The predicted molar refractivity (Wildman–Crippen MR) is 55.6 cm³/mol. The van der Waals surface area contributed by atoms with Gasteiger partial charge in [-0.15, -0.1) is 0 Å². The van der Waals surface area contributed by atoms with Crippen molar-refractivity contribution in [3.05, 3.63) is 24.0 Å². The highest BCUT2D eigenvalue weighted by Gasteiger charge is 2.15. The van der Waals surface area contributed by atoms with Gasteiger partial charge in [-0.05, 0) is 25.0 Å². The summed E-state index contributed by atoms with van der Waals surface area (Å²) in [5.74, 6) is 0. The van der Waals surface area contributed by atoms with Crippen LogP contribution >= 0.6 is 0 Å². The smallest absolute Gasteiger partial charge is 0.0790 e. The van der Waals surface area contributed by atoms with Gasteiger partial charge in [-0.2, -0.15) is 5.48 Å². The van der Waals surface area contributed by atoms with E-state index in [0.717, 1.165) is 6.54 Å². The van der Waals surface area contributed by atoms with Gasteiger partial charge in [-0.3, -0.25) is 4.84 Å². The zero-order valence-electron chi connectivity index (χ0n) is 8.70. The number of hydrogen-bond donors (Lipinski definition) is 1. The van der Waals surface area contributed by atoms with Crippen molar-refractivity contribution in [2.45, 2.75) is 38.3 Å². The maximum Gasteiger partial charge on any atom is 0.0790 e. The van der Waals surface area contributed by atoms with E-state index < -0.39 is 0 Å². The van der Waals surface area contributed by atoms with Crippen LogP contribution in [0.2, 0.25) is 0 Å². The van der Waals surface area contributed by atoms with Crippen LogP contribution < -0.4 is 5.48 Å². The molecule has 0 radical (unpaired) electrons. The van der Waals surface area contributed by atoms with Gasteiger partial charge < -0.3 is 4.57 Å². The molecule has 0 aromatic carbocycles. The van der Waals surface area contributed by atoms with E-state index in [4.69, 9.17) is 4.84 Å². The van der Waals surface area contributed by atoms with Crippen LogP contribution in [0.3, 0.4) is 0 Å². The number of hydroxylamine groups is 1. The molecule has 14 heavy (non-hydrogen) atoms. The summed E-state index contributed by atoms with van der Waals surface area (Å²) < 4.78 is 2.10. The standard InChI is InChI=1S/C11H18N2O/c1-13-8-4-5-10(13)9-12-14-11-6-2-3-7-11/h4-5,8,11-12H,2-3,6-7,9H2,1H3. The van der Waals surface area contributed by atoms with Crippen molar-refractivity contribution in [1.82, 2.24) is 10.0 Å². The summed E-state index contributed by atoms with van der Waals surface area (Å²) in [6, 6.07) is 4.15. The summed E-state index contributed by atoms with van der Waals surface area (Å²) in [6.45, 7) is 0.792. The average molecular weight is 194 g/mol. The van der Waals surface area contributed by atoms with E-state index in [1.807, 2.05) is 19.3 Å². The zero-order valence-corrected chi connectivity index (χ0v) is 8.70. The Morgan fingerprint density at radius 1 is 1.50 bits per heavy atom. The van der Waals surface area contributed by atoms with Crippen LogP contribution in [0.25, 0.3) is 0 Å². The molecular formula is C11H18N2O. The molecule has 0 aliphatic heterocycles. The molecule has 1 aromatic rings. The number of nitrogens with zero attached hydrogens (tertiary/aromatic N) is 1. The lowest BCUT2D eigenvalue weighted by atomic mass is 10.3. The van der Waals surface area contributed by atoms with E-state index in [0.29, 0.717) is 6.10 Å². The minimum Gasteiger partial charge on any atom is -0.353 e. The van der Waals surface area contributed by atoms with Crippen molar-refractivity contribution in [2.24, 2.45) is 7.05 Å². The molecule has 1 N–H and O–H groups in total. The normalized spacial score (nSPS) is 17.8. The number of nitrogens with one attached hydrogen (secondary N) is 1. The highest BCUT2D eigenvalue weighted by Crippen LogP contribution is 2.19. The van der Waals surface area contributed by atoms with E-state index in [9.17, 15) is 0 Å². The van der Waals surface area contributed by atoms with Crippen LogP contribution in [0.1, 0.15) is 31.4 Å². The maximum absolute atomic E-state index is 5.57. The van der Waals surface area contributed by atoms with Crippen molar-refractivity contribution >= 4 is 0 Å². The molecule has 0 spiro atoms. The van der Waals surface area contributed by atoms with Gasteiger partial charge in [0.25, 0.3) is 0 Å². The van der Waals surface area contributed by atoms with E-state index in [2.05, 4.69) is 16.1 Å². The first-order valence-electron chi connectivity index (χ1n) is 5.35. The molecule has 1 aliphatic carbocycles. The van der Waals surface area contributed by atoms with Crippen molar-refractivity contribution in [3.63, 3.8) is 0 Å². The topological polar surface area (TPSA) is 26.2 Å². The molecule has 1 heterocycles. The Morgan fingerprint density at radius 3 is 2.93 bits per heavy atom. The molecule has 3 nitrogen and oxygen atoms in total. The Labute approximate surface area is 85.0 Å². The van der Waals surface area contributed by atoms with Gasteiger partial charge in [-0.25, -0.2) is 0 Å². The number of aromatic nitrogens is 1. The second kappa shape index (κ2) is 4.62. The first-order valence-corrected chi connectivity index (χ1v) is 5.35. The Morgan fingerprint density at radius 2 is 2.29 bits per heavy atom. The lowest BCUT2D eigenvalue weighted by Gasteiger charge is -2.11. The van der Waals surface area contributed by atoms with Crippen LogP contribution in [-0.4, -0.2) is 10.7 Å². The highest BCUT2D eigenvalue weighted by atomic mass is 16.7. The minimum absolute atomic E-state index is 0.440. The van der Waals surface area contributed by atoms with Gasteiger partial charge in [0, 0.05) is 18.9 Å². The first kappa shape index (κ1) is 9.74. The maximum atomic E-state index is 5.57. The van der Waals surface area contributed by atoms with Crippen LogP contribution in [0, 0.1) is 0 Å². The molecule has 1 fully saturated rings. The quantitative estimate of drug-likeness (QED) is 0.742. The molecule has 0 saturated heterocycles. The van der Waals surface area contributed by atoms with E-state index >= 15 is 0 Å². The third kappa shape index (κ3) is 2.36. The van der Waals surface area contributed by atoms with Crippen LogP contribution in [-0.2, 0) is 18.4 Å². The van der Waals surface area contributed by atoms with E-state index in [1.165, 1.54) is 31.4 Å². The van der Waals surface area contributed by atoms with Gasteiger partial charge in [0.1, 0.15) is 0 Å². The molecule has 2 rings (SSSR count). The molecule has 0 bridgehead atoms. The Bertz CT molecular complexity index is 277. The number of hydrogen-bond acceptors (Lipinski definition) is 2. The molecule has 0 unspecified atom stereocenters. The zero-order chi connectivity index (χ0) is 9.80. The second-order valence-electron chi connectivity index (χ2n) is 3.96. The van der Waals surface area contributed by atoms with Crippen molar-refractivity contribution < 1.29 is 4.84 Å². The van der Waals surface area contributed by atoms with Gasteiger partial charge in [0.2, 0.25) is 0 Å². The monoisotopic (exact) mass is 194 g/mol. The molecule has 0 amide bonds. The summed E-state index contributed by atoms with van der Waals surface area (Å²) in [5.41, 5.74) is 4.30. The van der Waals surface area contributed by atoms with Crippen LogP contribution in [0.5, 0.6) is 0 Å².